The first-order valence-electron chi connectivity index (χ1n) is 6.76. The van der Waals surface area contributed by atoms with Gasteiger partial charge in [-0.25, -0.2) is 13.1 Å². The van der Waals surface area contributed by atoms with E-state index >= 15 is 0 Å². The van der Waals surface area contributed by atoms with E-state index in [4.69, 9.17) is 0 Å². The zero-order valence-electron chi connectivity index (χ0n) is 12.3. The van der Waals surface area contributed by atoms with Crippen LogP contribution in [0.25, 0.3) is 0 Å². The molecular formula is C14H24N2O2S2. The first kappa shape index (κ1) is 17.5. The maximum Gasteiger partial charge on any atom is 0.240 e. The number of sulfonamides is 1. The molecule has 0 radical (unpaired) electrons. The van der Waals surface area contributed by atoms with E-state index in [0.717, 1.165) is 17.7 Å². The first-order chi connectivity index (χ1) is 9.45. The van der Waals surface area contributed by atoms with Crippen molar-refractivity contribution < 1.29 is 8.42 Å². The van der Waals surface area contributed by atoms with Crippen molar-refractivity contribution in [1.29, 1.82) is 0 Å². The third kappa shape index (κ3) is 6.26. The third-order valence-electron chi connectivity index (χ3n) is 2.74. The Labute approximate surface area is 126 Å². The third-order valence-corrected chi connectivity index (χ3v) is 4.90. The molecule has 20 heavy (non-hydrogen) atoms. The Bertz CT molecular complexity index is 502. The lowest BCUT2D eigenvalue weighted by molar-refractivity contribution is 0.578. The summed E-state index contributed by atoms with van der Waals surface area (Å²) in [5, 5.41) is 3.28. The van der Waals surface area contributed by atoms with Crippen molar-refractivity contribution >= 4 is 21.8 Å². The number of benzene rings is 1. The Kier molecular flexibility index (Phi) is 7.58. The molecule has 2 N–H and O–H groups in total. The van der Waals surface area contributed by atoms with Crippen molar-refractivity contribution in [3.8, 4) is 0 Å². The van der Waals surface area contributed by atoms with E-state index in [-0.39, 0.29) is 0 Å². The molecule has 0 amide bonds. The number of hydrogen-bond acceptors (Lipinski definition) is 4. The molecule has 0 atom stereocenters. The van der Waals surface area contributed by atoms with Crippen LogP contribution in [0, 0.1) is 0 Å². The van der Waals surface area contributed by atoms with Crippen molar-refractivity contribution in [3.05, 3.63) is 29.8 Å². The molecule has 0 aliphatic carbocycles. The van der Waals surface area contributed by atoms with Gasteiger partial charge in [0.2, 0.25) is 10.0 Å². The molecule has 0 heterocycles. The molecule has 0 aliphatic rings. The number of nitrogens with one attached hydrogen (secondary N) is 2. The summed E-state index contributed by atoms with van der Waals surface area (Å²) >= 11 is 1.72. The Hall–Kier alpha value is -0.560. The highest BCUT2D eigenvalue weighted by molar-refractivity contribution is 7.98. The lowest BCUT2D eigenvalue weighted by Crippen LogP contribution is -2.26. The second kappa shape index (κ2) is 8.67. The van der Waals surface area contributed by atoms with Crippen LogP contribution in [0.3, 0.4) is 0 Å². The van der Waals surface area contributed by atoms with Gasteiger partial charge in [0.15, 0.2) is 0 Å². The highest BCUT2D eigenvalue weighted by Gasteiger charge is 2.13. The van der Waals surface area contributed by atoms with Gasteiger partial charge in [0.05, 0.1) is 4.90 Å². The quantitative estimate of drug-likeness (QED) is 0.686. The summed E-state index contributed by atoms with van der Waals surface area (Å²) in [5.74, 6) is 0.959. The van der Waals surface area contributed by atoms with Crippen LogP contribution in [-0.4, -0.2) is 33.0 Å². The molecule has 1 rings (SSSR count). The van der Waals surface area contributed by atoms with Crippen LogP contribution < -0.4 is 10.0 Å². The van der Waals surface area contributed by atoms with Gasteiger partial charge in [0, 0.05) is 19.1 Å². The molecular weight excluding hydrogens is 292 g/mol. The molecule has 0 fully saturated rings. The predicted octanol–water partition coefficient (Wildman–Crippen LogP) is 2.22. The zero-order chi connectivity index (χ0) is 15.0. The summed E-state index contributed by atoms with van der Waals surface area (Å²) in [6.45, 7) is 5.28. The molecule has 0 saturated carbocycles. The van der Waals surface area contributed by atoms with Gasteiger partial charge in [-0.3, -0.25) is 0 Å². The standard InChI is InChI=1S/C14H24N2O2S2/c1-12(2)15-11-13-6-4-7-14(10-13)20(17,18)16-8-5-9-19-3/h4,6-7,10,12,15-16H,5,8-9,11H2,1-3H3. The van der Waals surface area contributed by atoms with Crippen molar-refractivity contribution in [2.75, 3.05) is 18.6 Å². The lowest BCUT2D eigenvalue weighted by atomic mass is 10.2. The summed E-state index contributed by atoms with van der Waals surface area (Å²) in [4.78, 5) is 0.338. The molecule has 0 aliphatic heterocycles. The fourth-order valence-corrected chi connectivity index (χ4v) is 3.23. The molecule has 0 bridgehead atoms. The van der Waals surface area contributed by atoms with Gasteiger partial charge in [-0.15, -0.1) is 0 Å². The van der Waals surface area contributed by atoms with E-state index < -0.39 is 10.0 Å². The summed E-state index contributed by atoms with van der Waals surface area (Å²) in [7, 11) is -3.39. The normalized spacial score (nSPS) is 12.0. The highest BCUT2D eigenvalue weighted by atomic mass is 32.2. The minimum atomic E-state index is -3.39. The molecule has 0 unspecified atom stereocenters. The smallest absolute Gasteiger partial charge is 0.240 e. The topological polar surface area (TPSA) is 58.2 Å². The molecule has 0 spiro atoms. The second-order valence-electron chi connectivity index (χ2n) is 4.93. The number of hydrogen-bond donors (Lipinski definition) is 2. The molecule has 1 aromatic rings. The first-order valence-corrected chi connectivity index (χ1v) is 9.64. The largest absolute Gasteiger partial charge is 0.310 e. The van der Waals surface area contributed by atoms with Gasteiger partial charge in [0.1, 0.15) is 0 Å². The highest BCUT2D eigenvalue weighted by Crippen LogP contribution is 2.11. The van der Waals surface area contributed by atoms with Crippen LogP contribution >= 0.6 is 11.8 Å². The van der Waals surface area contributed by atoms with Crippen LogP contribution in [0.4, 0.5) is 0 Å². The van der Waals surface area contributed by atoms with E-state index in [1.54, 1.807) is 30.0 Å². The molecule has 0 saturated heterocycles. The van der Waals surface area contributed by atoms with E-state index in [1.807, 2.05) is 12.3 Å². The Balaban J connectivity index is 2.67. The maximum absolute atomic E-state index is 12.1. The zero-order valence-corrected chi connectivity index (χ0v) is 14.0. The fraction of sp³-hybridized carbons (Fsp3) is 0.571. The van der Waals surface area contributed by atoms with E-state index in [1.165, 1.54) is 0 Å². The lowest BCUT2D eigenvalue weighted by Gasteiger charge is -2.10. The minimum Gasteiger partial charge on any atom is -0.310 e. The second-order valence-corrected chi connectivity index (χ2v) is 7.68. The van der Waals surface area contributed by atoms with Crippen molar-refractivity contribution in [1.82, 2.24) is 10.0 Å². The van der Waals surface area contributed by atoms with Gasteiger partial charge in [-0.2, -0.15) is 11.8 Å². The molecule has 114 valence electrons. The van der Waals surface area contributed by atoms with Crippen LogP contribution in [0.2, 0.25) is 0 Å². The van der Waals surface area contributed by atoms with Crippen molar-refractivity contribution in [2.45, 2.75) is 37.8 Å². The van der Waals surface area contributed by atoms with E-state index in [0.29, 0.717) is 24.0 Å². The maximum atomic E-state index is 12.1. The Morgan fingerprint density at radius 1 is 1.30 bits per heavy atom. The molecule has 4 nitrogen and oxygen atoms in total. The summed E-state index contributed by atoms with van der Waals surface area (Å²) in [6.07, 6.45) is 2.86. The number of rotatable bonds is 9. The predicted molar refractivity (Wildman–Crippen MR) is 86.6 cm³/mol. The monoisotopic (exact) mass is 316 g/mol. The van der Waals surface area contributed by atoms with Gasteiger partial charge < -0.3 is 5.32 Å². The summed E-state index contributed by atoms with van der Waals surface area (Å²) in [5.41, 5.74) is 0.977. The van der Waals surface area contributed by atoms with Crippen LogP contribution in [0.15, 0.2) is 29.2 Å². The Morgan fingerprint density at radius 3 is 2.70 bits per heavy atom. The average molecular weight is 316 g/mol. The molecule has 1 aromatic carbocycles. The summed E-state index contributed by atoms with van der Waals surface area (Å²) in [6, 6.07) is 7.46. The van der Waals surface area contributed by atoms with Crippen LogP contribution in [-0.2, 0) is 16.6 Å². The van der Waals surface area contributed by atoms with Gasteiger partial charge in [-0.1, -0.05) is 26.0 Å². The SMILES string of the molecule is CSCCCNS(=O)(=O)c1cccc(CNC(C)C)c1. The fourth-order valence-electron chi connectivity index (χ4n) is 1.65. The Morgan fingerprint density at radius 2 is 2.05 bits per heavy atom. The summed E-state index contributed by atoms with van der Waals surface area (Å²) < 4.78 is 26.9. The molecule has 0 aromatic heterocycles. The van der Waals surface area contributed by atoms with Crippen molar-refractivity contribution in [3.63, 3.8) is 0 Å². The van der Waals surface area contributed by atoms with Gasteiger partial charge >= 0.3 is 0 Å². The van der Waals surface area contributed by atoms with E-state index in [2.05, 4.69) is 23.9 Å². The van der Waals surface area contributed by atoms with Crippen LogP contribution in [0.1, 0.15) is 25.8 Å². The molecule has 6 heteroatoms. The van der Waals surface area contributed by atoms with Crippen LogP contribution in [0.5, 0.6) is 0 Å². The van der Waals surface area contributed by atoms with E-state index in [9.17, 15) is 8.42 Å². The van der Waals surface area contributed by atoms with Gasteiger partial charge in [-0.05, 0) is 36.1 Å². The minimum absolute atomic E-state index is 0.338. The number of thioether (sulfide) groups is 1. The van der Waals surface area contributed by atoms with Crippen molar-refractivity contribution in [2.24, 2.45) is 0 Å². The van der Waals surface area contributed by atoms with Gasteiger partial charge in [0.25, 0.3) is 0 Å². The average Bonchev–Trinajstić information content (AvgIpc) is 2.42.